The van der Waals surface area contributed by atoms with Crippen LogP contribution < -0.4 is 20.5 Å². The minimum atomic E-state index is -0.411. The second-order valence-corrected chi connectivity index (χ2v) is 5.71. The van der Waals surface area contributed by atoms with Gasteiger partial charge in [-0.3, -0.25) is 9.36 Å². The summed E-state index contributed by atoms with van der Waals surface area (Å²) in [5, 5.41) is 2.81. The van der Waals surface area contributed by atoms with Crippen LogP contribution in [0.15, 0.2) is 51.7 Å². The number of carbonyl (C=O) groups is 1. The van der Waals surface area contributed by atoms with Gasteiger partial charge in [-0.05, 0) is 30.7 Å². The van der Waals surface area contributed by atoms with E-state index in [0.29, 0.717) is 35.7 Å². The average Bonchev–Trinajstić information content (AvgIpc) is 2.97. The number of hydrogen-bond donors (Lipinski definition) is 1. The van der Waals surface area contributed by atoms with Crippen LogP contribution >= 0.6 is 0 Å². The Morgan fingerprint density at radius 2 is 1.88 bits per heavy atom. The Kier molecular flexibility index (Phi) is 5.26. The summed E-state index contributed by atoms with van der Waals surface area (Å²) >= 11 is 0. The summed E-state index contributed by atoms with van der Waals surface area (Å²) in [6, 6.07) is 12.4. The van der Waals surface area contributed by atoms with Crippen molar-refractivity contribution in [2.75, 3.05) is 19.5 Å². The van der Waals surface area contributed by atoms with Crippen molar-refractivity contribution in [2.24, 2.45) is 0 Å². The lowest BCUT2D eigenvalue weighted by Gasteiger charge is -2.10. The Labute approximate surface area is 150 Å². The topological polar surface area (TPSA) is 82.7 Å². The molecule has 2 aromatic carbocycles. The van der Waals surface area contributed by atoms with E-state index in [1.807, 2.05) is 18.2 Å². The number of nitrogens with one attached hydrogen (secondary N) is 1. The van der Waals surface area contributed by atoms with Crippen molar-refractivity contribution in [3.63, 3.8) is 0 Å². The minimum absolute atomic E-state index is 0.141. The van der Waals surface area contributed by atoms with E-state index >= 15 is 0 Å². The third kappa shape index (κ3) is 3.72. The van der Waals surface area contributed by atoms with Crippen molar-refractivity contribution in [3.8, 4) is 11.5 Å². The highest BCUT2D eigenvalue weighted by molar-refractivity contribution is 5.91. The molecule has 1 amide bonds. The van der Waals surface area contributed by atoms with Crippen molar-refractivity contribution in [2.45, 2.75) is 19.4 Å². The standard InChI is InChI=1S/C19H20N2O5/c1-24-16-10-9-13(12-17(16)25-2)20-18(22)8-5-11-21-14-6-3-4-7-15(14)26-19(21)23/h3-4,6-7,9-10,12H,5,8,11H2,1-2H3,(H,20,22). The monoisotopic (exact) mass is 356 g/mol. The fraction of sp³-hybridized carbons (Fsp3) is 0.263. The van der Waals surface area contributed by atoms with Crippen LogP contribution in [-0.4, -0.2) is 24.7 Å². The number of oxazole rings is 1. The fourth-order valence-corrected chi connectivity index (χ4v) is 2.76. The van der Waals surface area contributed by atoms with E-state index in [-0.39, 0.29) is 12.3 Å². The molecule has 0 spiro atoms. The Morgan fingerprint density at radius 3 is 2.65 bits per heavy atom. The fourth-order valence-electron chi connectivity index (χ4n) is 2.76. The predicted octanol–water partition coefficient (Wildman–Crippen LogP) is 3.03. The molecule has 0 radical (unpaired) electrons. The number of methoxy groups -OCH3 is 2. The highest BCUT2D eigenvalue weighted by Gasteiger charge is 2.10. The summed E-state index contributed by atoms with van der Waals surface area (Å²) in [7, 11) is 3.09. The lowest BCUT2D eigenvalue weighted by Crippen LogP contribution is -2.17. The largest absolute Gasteiger partial charge is 0.493 e. The number of aromatic nitrogens is 1. The zero-order valence-corrected chi connectivity index (χ0v) is 14.7. The number of para-hydroxylation sites is 2. The van der Waals surface area contributed by atoms with Crippen LogP contribution in [0.25, 0.3) is 11.1 Å². The Morgan fingerprint density at radius 1 is 1.12 bits per heavy atom. The lowest BCUT2D eigenvalue weighted by atomic mass is 10.2. The van der Waals surface area contributed by atoms with Gasteiger partial charge in [-0.2, -0.15) is 0 Å². The molecule has 0 atom stereocenters. The Bertz CT molecular complexity index is 973. The highest BCUT2D eigenvalue weighted by atomic mass is 16.5. The second-order valence-electron chi connectivity index (χ2n) is 5.71. The summed E-state index contributed by atoms with van der Waals surface area (Å²) in [4.78, 5) is 24.1. The maximum atomic E-state index is 12.1. The van der Waals surface area contributed by atoms with Crippen LogP contribution in [0.3, 0.4) is 0 Å². The first-order valence-electron chi connectivity index (χ1n) is 8.22. The van der Waals surface area contributed by atoms with Crippen LogP contribution in [0, 0.1) is 0 Å². The maximum Gasteiger partial charge on any atom is 0.419 e. The first-order valence-corrected chi connectivity index (χ1v) is 8.22. The van der Waals surface area contributed by atoms with Crippen LogP contribution in [0.4, 0.5) is 5.69 Å². The van der Waals surface area contributed by atoms with Gasteiger partial charge in [0.2, 0.25) is 5.91 Å². The molecule has 0 aliphatic heterocycles. The molecule has 3 aromatic rings. The Balaban J connectivity index is 1.59. The van der Waals surface area contributed by atoms with E-state index in [1.54, 1.807) is 35.9 Å². The molecule has 0 aliphatic rings. The van der Waals surface area contributed by atoms with E-state index in [9.17, 15) is 9.59 Å². The summed E-state index contributed by atoms with van der Waals surface area (Å²) in [5.74, 6) is 0.586. The number of benzene rings is 2. The molecular weight excluding hydrogens is 336 g/mol. The molecule has 7 nitrogen and oxygen atoms in total. The van der Waals surface area contributed by atoms with Crippen molar-refractivity contribution in [3.05, 3.63) is 53.0 Å². The maximum absolute atomic E-state index is 12.1. The number of amides is 1. The highest BCUT2D eigenvalue weighted by Crippen LogP contribution is 2.29. The van der Waals surface area contributed by atoms with Gasteiger partial charge in [0.1, 0.15) is 0 Å². The second kappa shape index (κ2) is 7.77. The number of fused-ring (bicyclic) bond motifs is 1. The van der Waals surface area contributed by atoms with Gasteiger partial charge in [0.05, 0.1) is 19.7 Å². The normalized spacial score (nSPS) is 10.7. The molecule has 7 heteroatoms. The molecule has 0 unspecified atom stereocenters. The number of carbonyl (C=O) groups excluding carboxylic acids is 1. The van der Waals surface area contributed by atoms with E-state index in [2.05, 4.69) is 5.32 Å². The van der Waals surface area contributed by atoms with E-state index in [0.717, 1.165) is 5.52 Å². The van der Waals surface area contributed by atoms with Crippen molar-refractivity contribution >= 4 is 22.7 Å². The lowest BCUT2D eigenvalue weighted by molar-refractivity contribution is -0.116. The van der Waals surface area contributed by atoms with Crippen molar-refractivity contribution in [1.82, 2.24) is 4.57 Å². The molecule has 1 heterocycles. The molecule has 0 bridgehead atoms. The van der Waals surface area contributed by atoms with Gasteiger partial charge in [-0.15, -0.1) is 0 Å². The third-order valence-electron chi connectivity index (χ3n) is 4.03. The van der Waals surface area contributed by atoms with Crippen LogP contribution in [0.5, 0.6) is 11.5 Å². The molecule has 3 rings (SSSR count). The molecule has 136 valence electrons. The Hall–Kier alpha value is -3.22. The smallest absolute Gasteiger partial charge is 0.419 e. The predicted molar refractivity (Wildman–Crippen MR) is 97.9 cm³/mol. The summed E-state index contributed by atoms with van der Waals surface area (Å²) in [6.07, 6.45) is 0.794. The van der Waals surface area contributed by atoms with Crippen LogP contribution in [-0.2, 0) is 11.3 Å². The average molecular weight is 356 g/mol. The number of aryl methyl sites for hydroxylation is 1. The SMILES string of the molecule is COc1ccc(NC(=O)CCCn2c(=O)oc3ccccc32)cc1OC. The first kappa shape index (κ1) is 17.6. The first-order chi connectivity index (χ1) is 12.6. The van der Waals surface area contributed by atoms with Gasteiger partial charge in [0, 0.05) is 24.7 Å². The third-order valence-corrected chi connectivity index (χ3v) is 4.03. The quantitative estimate of drug-likeness (QED) is 0.704. The summed E-state index contributed by atoms with van der Waals surface area (Å²) in [6.45, 7) is 0.412. The number of hydrogen-bond acceptors (Lipinski definition) is 5. The summed E-state index contributed by atoms with van der Waals surface area (Å²) < 4.78 is 17.1. The van der Waals surface area contributed by atoms with E-state index in [1.165, 1.54) is 7.11 Å². The number of nitrogens with zero attached hydrogens (tertiary/aromatic N) is 1. The molecular formula is C19H20N2O5. The zero-order chi connectivity index (χ0) is 18.5. The molecule has 1 aromatic heterocycles. The summed E-state index contributed by atoms with van der Waals surface area (Å²) in [5.41, 5.74) is 1.91. The van der Waals surface area contributed by atoms with E-state index in [4.69, 9.17) is 13.9 Å². The number of anilines is 1. The molecule has 0 fully saturated rings. The number of rotatable bonds is 7. The zero-order valence-electron chi connectivity index (χ0n) is 14.7. The molecule has 0 aliphatic carbocycles. The minimum Gasteiger partial charge on any atom is -0.493 e. The molecule has 1 N–H and O–H groups in total. The van der Waals surface area contributed by atoms with Crippen molar-refractivity contribution in [1.29, 1.82) is 0 Å². The van der Waals surface area contributed by atoms with Gasteiger partial charge in [0.15, 0.2) is 17.1 Å². The van der Waals surface area contributed by atoms with Gasteiger partial charge in [0.25, 0.3) is 0 Å². The van der Waals surface area contributed by atoms with Gasteiger partial charge < -0.3 is 19.2 Å². The molecule has 26 heavy (non-hydrogen) atoms. The van der Waals surface area contributed by atoms with E-state index < -0.39 is 5.76 Å². The van der Waals surface area contributed by atoms with Gasteiger partial charge in [-0.25, -0.2) is 4.79 Å². The van der Waals surface area contributed by atoms with Crippen LogP contribution in [0.1, 0.15) is 12.8 Å². The van der Waals surface area contributed by atoms with Gasteiger partial charge in [-0.1, -0.05) is 12.1 Å². The molecule has 0 saturated heterocycles. The van der Waals surface area contributed by atoms with Gasteiger partial charge >= 0.3 is 5.76 Å². The van der Waals surface area contributed by atoms with Crippen LogP contribution in [0.2, 0.25) is 0 Å². The molecule has 0 saturated carbocycles. The van der Waals surface area contributed by atoms with Crippen molar-refractivity contribution < 1.29 is 18.7 Å². The number of ether oxygens (including phenoxy) is 2.